The SMILES string of the molecule is C#CCS(=O)(=O)Cc1ccc(C(=O)OC)o1. The summed E-state index contributed by atoms with van der Waals surface area (Å²) in [6.45, 7) is 0. The number of terminal acetylenes is 1. The highest BCUT2D eigenvalue weighted by atomic mass is 32.2. The molecule has 1 aromatic rings. The van der Waals surface area contributed by atoms with Crippen LogP contribution in [0.15, 0.2) is 16.5 Å². The van der Waals surface area contributed by atoms with Gasteiger partial charge in [0, 0.05) is 0 Å². The van der Waals surface area contributed by atoms with Gasteiger partial charge in [-0.1, -0.05) is 5.92 Å². The molecule has 0 radical (unpaired) electrons. The summed E-state index contributed by atoms with van der Waals surface area (Å²) in [4.78, 5) is 11.0. The van der Waals surface area contributed by atoms with E-state index in [2.05, 4.69) is 4.74 Å². The summed E-state index contributed by atoms with van der Waals surface area (Å²) in [5, 5.41) is 0. The van der Waals surface area contributed by atoms with Gasteiger partial charge >= 0.3 is 5.97 Å². The van der Waals surface area contributed by atoms with Crippen molar-refractivity contribution >= 4 is 15.8 Å². The van der Waals surface area contributed by atoms with Gasteiger partial charge in [0.05, 0.1) is 7.11 Å². The van der Waals surface area contributed by atoms with Gasteiger partial charge in [0.15, 0.2) is 9.84 Å². The van der Waals surface area contributed by atoms with E-state index in [1.807, 2.05) is 5.92 Å². The normalized spacial score (nSPS) is 10.8. The lowest BCUT2D eigenvalue weighted by Crippen LogP contribution is -2.07. The predicted octanol–water partition coefficient (Wildman–Crippen LogP) is 0.614. The number of hydrogen-bond donors (Lipinski definition) is 0. The fourth-order valence-electron chi connectivity index (χ4n) is 1.06. The Balaban J connectivity index is 2.81. The molecule has 0 bridgehead atoms. The Kier molecular flexibility index (Phi) is 3.74. The van der Waals surface area contributed by atoms with Crippen molar-refractivity contribution in [1.82, 2.24) is 0 Å². The van der Waals surface area contributed by atoms with E-state index in [1.165, 1.54) is 19.2 Å². The van der Waals surface area contributed by atoms with E-state index in [1.54, 1.807) is 0 Å². The van der Waals surface area contributed by atoms with Crippen LogP contribution in [0.4, 0.5) is 0 Å². The zero-order chi connectivity index (χ0) is 12.2. The summed E-state index contributed by atoms with van der Waals surface area (Å²) in [5.74, 6) is 0.839. The third kappa shape index (κ3) is 3.14. The van der Waals surface area contributed by atoms with Crippen molar-refractivity contribution in [2.45, 2.75) is 5.75 Å². The lowest BCUT2D eigenvalue weighted by atomic mass is 10.4. The number of carbonyl (C=O) groups is 1. The minimum absolute atomic E-state index is 0.0339. The monoisotopic (exact) mass is 242 g/mol. The van der Waals surface area contributed by atoms with Gasteiger partial charge in [-0.2, -0.15) is 0 Å². The van der Waals surface area contributed by atoms with Crippen LogP contribution in [-0.4, -0.2) is 27.2 Å². The summed E-state index contributed by atoms with van der Waals surface area (Å²) in [7, 11) is -2.18. The first-order chi connectivity index (χ1) is 7.48. The van der Waals surface area contributed by atoms with Crippen LogP contribution < -0.4 is 0 Å². The molecule has 6 heteroatoms. The standard InChI is InChI=1S/C10H10O5S/c1-3-6-16(12,13)7-8-4-5-9(15-8)10(11)14-2/h1,4-5H,6-7H2,2H3. The van der Waals surface area contributed by atoms with Crippen LogP contribution in [-0.2, 0) is 20.3 Å². The van der Waals surface area contributed by atoms with Gasteiger partial charge in [-0.25, -0.2) is 13.2 Å². The van der Waals surface area contributed by atoms with Gasteiger partial charge in [0.1, 0.15) is 17.3 Å². The van der Waals surface area contributed by atoms with Gasteiger partial charge in [-0.05, 0) is 12.1 Å². The lowest BCUT2D eigenvalue weighted by Gasteiger charge is -1.97. The van der Waals surface area contributed by atoms with E-state index >= 15 is 0 Å². The number of methoxy groups -OCH3 is 1. The van der Waals surface area contributed by atoms with Crippen LogP contribution >= 0.6 is 0 Å². The van der Waals surface area contributed by atoms with Gasteiger partial charge in [-0.3, -0.25) is 0 Å². The Morgan fingerprint density at radius 1 is 1.56 bits per heavy atom. The predicted molar refractivity (Wildman–Crippen MR) is 56.4 cm³/mol. The minimum atomic E-state index is -3.39. The first kappa shape index (κ1) is 12.3. The first-order valence-corrected chi connectivity index (χ1v) is 6.11. The Morgan fingerprint density at radius 3 is 2.81 bits per heavy atom. The molecule has 0 aliphatic rings. The molecule has 5 nitrogen and oxygen atoms in total. The minimum Gasteiger partial charge on any atom is -0.463 e. The van der Waals surface area contributed by atoms with Crippen LogP contribution in [0.1, 0.15) is 16.3 Å². The highest BCUT2D eigenvalue weighted by Crippen LogP contribution is 2.12. The third-order valence-corrected chi connectivity index (χ3v) is 3.04. The molecule has 0 saturated heterocycles. The van der Waals surface area contributed by atoms with Crippen LogP contribution in [0.3, 0.4) is 0 Å². The number of ether oxygens (including phenoxy) is 1. The maximum absolute atomic E-state index is 11.3. The van der Waals surface area contributed by atoms with Gasteiger partial charge in [-0.15, -0.1) is 6.42 Å². The molecule has 0 atom stereocenters. The fourth-order valence-corrected chi connectivity index (χ4v) is 2.01. The molecule has 0 aliphatic heterocycles. The van der Waals surface area contributed by atoms with E-state index < -0.39 is 15.8 Å². The van der Waals surface area contributed by atoms with Crippen LogP contribution in [0.2, 0.25) is 0 Å². The molecule has 0 fully saturated rings. The molecule has 1 heterocycles. The molecule has 86 valence electrons. The van der Waals surface area contributed by atoms with E-state index in [0.29, 0.717) is 0 Å². The second-order valence-corrected chi connectivity index (χ2v) is 5.06. The van der Waals surface area contributed by atoms with E-state index in [9.17, 15) is 13.2 Å². The van der Waals surface area contributed by atoms with Crippen molar-refractivity contribution < 1.29 is 22.4 Å². The molecule has 1 rings (SSSR count). The fraction of sp³-hybridized carbons (Fsp3) is 0.300. The highest BCUT2D eigenvalue weighted by Gasteiger charge is 2.16. The molecule has 0 amide bonds. The van der Waals surface area contributed by atoms with Crippen LogP contribution in [0.5, 0.6) is 0 Å². The molecule has 0 aromatic carbocycles. The number of hydrogen-bond acceptors (Lipinski definition) is 5. The maximum Gasteiger partial charge on any atom is 0.373 e. The Labute approximate surface area is 93.3 Å². The van der Waals surface area contributed by atoms with Gasteiger partial charge < -0.3 is 9.15 Å². The Bertz CT molecular complexity index is 518. The van der Waals surface area contributed by atoms with E-state index in [-0.39, 0.29) is 23.0 Å². The average Bonchev–Trinajstić information content (AvgIpc) is 2.64. The van der Waals surface area contributed by atoms with Gasteiger partial charge in [0.2, 0.25) is 5.76 Å². The largest absolute Gasteiger partial charge is 0.463 e. The average molecular weight is 242 g/mol. The summed E-state index contributed by atoms with van der Waals surface area (Å²) in [6.07, 6.45) is 4.91. The molecule has 0 N–H and O–H groups in total. The molecular weight excluding hydrogens is 232 g/mol. The van der Waals surface area contributed by atoms with Crippen molar-refractivity contribution in [3.05, 3.63) is 23.7 Å². The Hall–Kier alpha value is -1.74. The van der Waals surface area contributed by atoms with Crippen molar-refractivity contribution in [3.63, 3.8) is 0 Å². The van der Waals surface area contributed by atoms with E-state index in [4.69, 9.17) is 10.8 Å². The second-order valence-electron chi connectivity index (χ2n) is 2.99. The molecule has 1 aromatic heterocycles. The third-order valence-electron chi connectivity index (χ3n) is 1.71. The van der Waals surface area contributed by atoms with Crippen LogP contribution in [0.25, 0.3) is 0 Å². The first-order valence-electron chi connectivity index (χ1n) is 4.29. The summed E-state index contributed by atoms with van der Waals surface area (Å²) in [6, 6.07) is 2.76. The smallest absolute Gasteiger partial charge is 0.373 e. The molecule has 0 unspecified atom stereocenters. The molecule has 0 spiro atoms. The van der Waals surface area contributed by atoms with Gasteiger partial charge in [0.25, 0.3) is 0 Å². The molecule has 16 heavy (non-hydrogen) atoms. The molecule has 0 aliphatic carbocycles. The Morgan fingerprint density at radius 2 is 2.25 bits per heavy atom. The maximum atomic E-state index is 11.3. The van der Waals surface area contributed by atoms with Crippen molar-refractivity contribution in [3.8, 4) is 12.3 Å². The van der Waals surface area contributed by atoms with Crippen molar-refractivity contribution in [2.24, 2.45) is 0 Å². The second kappa shape index (κ2) is 4.86. The van der Waals surface area contributed by atoms with E-state index in [0.717, 1.165) is 0 Å². The number of esters is 1. The zero-order valence-electron chi connectivity index (χ0n) is 8.60. The quantitative estimate of drug-likeness (QED) is 0.571. The molecule has 0 saturated carbocycles. The van der Waals surface area contributed by atoms with Crippen LogP contribution in [0, 0.1) is 12.3 Å². The summed E-state index contributed by atoms with van der Waals surface area (Å²) < 4.78 is 32.1. The highest BCUT2D eigenvalue weighted by molar-refractivity contribution is 7.90. The number of rotatable bonds is 4. The van der Waals surface area contributed by atoms with Crippen molar-refractivity contribution in [1.29, 1.82) is 0 Å². The summed E-state index contributed by atoms with van der Waals surface area (Å²) in [5.41, 5.74) is 0. The number of carbonyl (C=O) groups excluding carboxylic acids is 1. The van der Waals surface area contributed by atoms with Crippen molar-refractivity contribution in [2.75, 3.05) is 12.9 Å². The topological polar surface area (TPSA) is 73.6 Å². The zero-order valence-corrected chi connectivity index (χ0v) is 9.41. The summed E-state index contributed by atoms with van der Waals surface area (Å²) >= 11 is 0. The lowest BCUT2D eigenvalue weighted by molar-refractivity contribution is 0.0563. The number of furan rings is 1. The number of sulfone groups is 1. The molecular formula is C10H10O5S.